The maximum atomic E-state index is 13.9. The van der Waals surface area contributed by atoms with Gasteiger partial charge in [0.15, 0.2) is 0 Å². The molecular formula is C17H24FN3O3S. The largest absolute Gasteiger partial charge is 0.366 e. The number of benzene rings is 1. The number of sulfonamides is 1. The average molecular weight is 369 g/mol. The van der Waals surface area contributed by atoms with E-state index in [9.17, 15) is 17.6 Å². The van der Waals surface area contributed by atoms with Gasteiger partial charge in [0, 0.05) is 32.7 Å². The number of anilines is 1. The molecule has 25 heavy (non-hydrogen) atoms. The van der Waals surface area contributed by atoms with Crippen molar-refractivity contribution in [2.24, 2.45) is 0 Å². The second kappa shape index (κ2) is 7.29. The molecule has 3 rings (SSSR count). The minimum atomic E-state index is -3.39. The molecule has 0 N–H and O–H groups in total. The third-order valence-electron chi connectivity index (χ3n) is 4.95. The lowest BCUT2D eigenvalue weighted by molar-refractivity contribution is -0.136. The van der Waals surface area contributed by atoms with Crippen LogP contribution < -0.4 is 4.90 Å². The van der Waals surface area contributed by atoms with Crippen LogP contribution in [-0.4, -0.2) is 68.6 Å². The first-order valence-corrected chi connectivity index (χ1v) is 10.5. The Morgan fingerprint density at radius 1 is 1.08 bits per heavy atom. The maximum Gasteiger partial charge on any atom is 0.241 e. The van der Waals surface area contributed by atoms with Crippen LogP contribution in [0, 0.1) is 5.82 Å². The van der Waals surface area contributed by atoms with E-state index >= 15 is 0 Å². The summed E-state index contributed by atoms with van der Waals surface area (Å²) >= 11 is 0. The molecule has 1 aromatic carbocycles. The maximum absolute atomic E-state index is 13.9. The van der Waals surface area contributed by atoms with Crippen LogP contribution in [0.15, 0.2) is 24.3 Å². The van der Waals surface area contributed by atoms with Gasteiger partial charge in [-0.2, -0.15) is 4.31 Å². The molecule has 0 aromatic heterocycles. The molecule has 6 nitrogen and oxygen atoms in total. The molecule has 2 saturated heterocycles. The molecule has 0 aliphatic carbocycles. The number of rotatable bonds is 3. The molecule has 2 aliphatic rings. The Hall–Kier alpha value is -1.67. The van der Waals surface area contributed by atoms with Gasteiger partial charge in [0.25, 0.3) is 0 Å². The normalized spacial score (nSPS) is 22.9. The van der Waals surface area contributed by atoms with Crippen molar-refractivity contribution in [1.82, 2.24) is 9.21 Å². The van der Waals surface area contributed by atoms with Crippen LogP contribution in [0.1, 0.15) is 19.3 Å². The van der Waals surface area contributed by atoms with E-state index in [-0.39, 0.29) is 11.7 Å². The van der Waals surface area contributed by atoms with E-state index in [1.165, 1.54) is 10.4 Å². The molecule has 2 aliphatic heterocycles. The molecule has 1 atom stereocenters. The number of nitrogens with zero attached hydrogens (tertiary/aromatic N) is 3. The van der Waals surface area contributed by atoms with Crippen LogP contribution in [0.25, 0.3) is 0 Å². The van der Waals surface area contributed by atoms with Crippen molar-refractivity contribution in [3.8, 4) is 0 Å². The van der Waals surface area contributed by atoms with Crippen molar-refractivity contribution in [3.63, 3.8) is 0 Å². The molecule has 2 fully saturated rings. The third kappa shape index (κ3) is 3.95. The Labute approximate surface area is 148 Å². The van der Waals surface area contributed by atoms with Gasteiger partial charge >= 0.3 is 0 Å². The molecule has 8 heteroatoms. The zero-order valence-electron chi connectivity index (χ0n) is 14.4. The second-order valence-electron chi connectivity index (χ2n) is 6.65. The van der Waals surface area contributed by atoms with E-state index in [0.717, 1.165) is 19.1 Å². The average Bonchev–Trinajstić information content (AvgIpc) is 2.61. The number of carbonyl (C=O) groups excluding carboxylic acids is 1. The predicted octanol–water partition coefficient (Wildman–Crippen LogP) is 1.29. The van der Waals surface area contributed by atoms with Gasteiger partial charge in [-0.15, -0.1) is 0 Å². The minimum absolute atomic E-state index is 0.127. The van der Waals surface area contributed by atoms with E-state index in [0.29, 0.717) is 44.8 Å². The first kappa shape index (κ1) is 18.1. The van der Waals surface area contributed by atoms with Crippen molar-refractivity contribution < 1.29 is 17.6 Å². The van der Waals surface area contributed by atoms with Crippen molar-refractivity contribution in [3.05, 3.63) is 30.1 Å². The van der Waals surface area contributed by atoms with Crippen molar-refractivity contribution in [1.29, 1.82) is 0 Å². The van der Waals surface area contributed by atoms with Crippen LogP contribution >= 0.6 is 0 Å². The SMILES string of the molecule is CS(=O)(=O)N1CCCCC1C(=O)N1CCN(c2ccccc2F)CC1. The van der Waals surface area contributed by atoms with Crippen LogP contribution in [0.5, 0.6) is 0 Å². The summed E-state index contributed by atoms with van der Waals surface area (Å²) in [5, 5.41) is 0. The van der Waals surface area contributed by atoms with Crippen LogP contribution in [0.3, 0.4) is 0 Å². The molecule has 0 spiro atoms. The Kier molecular flexibility index (Phi) is 5.29. The highest BCUT2D eigenvalue weighted by Gasteiger charge is 2.37. The van der Waals surface area contributed by atoms with E-state index in [4.69, 9.17) is 0 Å². The third-order valence-corrected chi connectivity index (χ3v) is 6.24. The summed E-state index contributed by atoms with van der Waals surface area (Å²) in [5.74, 6) is -0.392. The first-order valence-electron chi connectivity index (χ1n) is 8.63. The van der Waals surface area contributed by atoms with Gasteiger partial charge in [0.2, 0.25) is 15.9 Å². The summed E-state index contributed by atoms with van der Waals surface area (Å²) in [6.07, 6.45) is 3.38. The minimum Gasteiger partial charge on any atom is -0.366 e. The van der Waals surface area contributed by atoms with Gasteiger partial charge in [0.05, 0.1) is 11.9 Å². The van der Waals surface area contributed by atoms with Crippen molar-refractivity contribution >= 4 is 21.6 Å². The van der Waals surface area contributed by atoms with E-state index in [2.05, 4.69) is 0 Å². The monoisotopic (exact) mass is 369 g/mol. The molecule has 1 aromatic rings. The number of hydrogen-bond donors (Lipinski definition) is 0. The quantitative estimate of drug-likeness (QED) is 0.806. The molecular weight excluding hydrogens is 345 g/mol. The summed E-state index contributed by atoms with van der Waals surface area (Å²) in [6.45, 7) is 2.43. The van der Waals surface area contributed by atoms with Crippen LogP contribution in [0.2, 0.25) is 0 Å². The fourth-order valence-electron chi connectivity index (χ4n) is 3.64. The number of piperazine rings is 1. The topological polar surface area (TPSA) is 60.9 Å². The van der Waals surface area contributed by atoms with Crippen molar-refractivity contribution in [2.45, 2.75) is 25.3 Å². The molecule has 138 valence electrons. The molecule has 0 radical (unpaired) electrons. The number of piperidine rings is 1. The van der Waals surface area contributed by atoms with E-state index in [1.807, 2.05) is 4.90 Å². The molecule has 1 amide bonds. The van der Waals surface area contributed by atoms with Gasteiger partial charge < -0.3 is 9.80 Å². The second-order valence-corrected chi connectivity index (χ2v) is 8.58. The van der Waals surface area contributed by atoms with Gasteiger partial charge in [-0.1, -0.05) is 18.6 Å². The number of para-hydroxylation sites is 1. The Morgan fingerprint density at radius 3 is 2.40 bits per heavy atom. The first-order chi connectivity index (χ1) is 11.9. The van der Waals surface area contributed by atoms with Crippen LogP contribution in [0.4, 0.5) is 10.1 Å². The zero-order valence-corrected chi connectivity index (χ0v) is 15.2. The number of amides is 1. The molecule has 0 saturated carbocycles. The smallest absolute Gasteiger partial charge is 0.241 e. The lowest BCUT2D eigenvalue weighted by atomic mass is 10.0. The lowest BCUT2D eigenvalue weighted by Crippen LogP contribution is -2.57. The van der Waals surface area contributed by atoms with Gasteiger partial charge in [-0.25, -0.2) is 12.8 Å². The van der Waals surface area contributed by atoms with Gasteiger partial charge in [-0.3, -0.25) is 4.79 Å². The zero-order chi connectivity index (χ0) is 18.0. The Morgan fingerprint density at radius 2 is 1.76 bits per heavy atom. The summed E-state index contributed by atoms with van der Waals surface area (Å²) in [6, 6.07) is 6.02. The fraction of sp³-hybridized carbons (Fsp3) is 0.588. The Bertz CT molecular complexity index is 732. The Balaban J connectivity index is 1.66. The van der Waals surface area contributed by atoms with Crippen molar-refractivity contribution in [2.75, 3.05) is 43.9 Å². The highest BCUT2D eigenvalue weighted by atomic mass is 32.2. The van der Waals surface area contributed by atoms with Gasteiger partial charge in [-0.05, 0) is 25.0 Å². The summed E-state index contributed by atoms with van der Waals surface area (Å²) in [4.78, 5) is 16.5. The molecule has 1 unspecified atom stereocenters. The number of halogens is 1. The number of carbonyl (C=O) groups is 1. The van der Waals surface area contributed by atoms with Gasteiger partial charge in [0.1, 0.15) is 11.9 Å². The lowest BCUT2D eigenvalue weighted by Gasteiger charge is -2.40. The fourth-order valence-corrected chi connectivity index (χ4v) is 4.75. The summed E-state index contributed by atoms with van der Waals surface area (Å²) in [7, 11) is -3.39. The highest BCUT2D eigenvalue weighted by molar-refractivity contribution is 7.88. The summed E-state index contributed by atoms with van der Waals surface area (Å²) in [5.41, 5.74) is 0.546. The van der Waals surface area contributed by atoms with E-state index in [1.54, 1.807) is 23.1 Å². The number of hydrogen-bond acceptors (Lipinski definition) is 4. The van der Waals surface area contributed by atoms with Crippen LogP contribution in [-0.2, 0) is 14.8 Å². The molecule has 2 heterocycles. The molecule has 0 bridgehead atoms. The standard InChI is InChI=1S/C17H24FN3O3S/c1-25(23,24)21-9-5-4-8-16(21)17(22)20-12-10-19(11-13-20)15-7-3-2-6-14(15)18/h2-3,6-7,16H,4-5,8-13H2,1H3. The highest BCUT2D eigenvalue weighted by Crippen LogP contribution is 2.24. The summed E-state index contributed by atoms with van der Waals surface area (Å²) < 4.78 is 39.2. The predicted molar refractivity (Wildman–Crippen MR) is 94.4 cm³/mol. The van der Waals surface area contributed by atoms with E-state index < -0.39 is 16.1 Å².